The van der Waals surface area contributed by atoms with Gasteiger partial charge in [-0.05, 0) is 18.1 Å². The van der Waals surface area contributed by atoms with Crippen molar-refractivity contribution in [2.24, 2.45) is 0 Å². The topological polar surface area (TPSA) is 57.0 Å². The number of hydrogen-bond donors (Lipinski definition) is 0. The van der Waals surface area contributed by atoms with E-state index in [1.807, 2.05) is 44.2 Å². The van der Waals surface area contributed by atoms with Crippen LogP contribution in [0.3, 0.4) is 0 Å². The molecule has 5 nitrogen and oxygen atoms in total. The highest BCUT2D eigenvalue weighted by Gasteiger charge is 2.23. The summed E-state index contributed by atoms with van der Waals surface area (Å²) in [5.41, 5.74) is 1.91. The molecule has 0 aliphatic rings. The molecule has 2 aromatic rings. The fraction of sp³-hybridized carbons (Fsp3) is 0.308. The van der Waals surface area contributed by atoms with Gasteiger partial charge in [-0.3, -0.25) is 0 Å². The van der Waals surface area contributed by atoms with Crippen molar-refractivity contribution in [3.63, 3.8) is 0 Å². The third-order valence-electron chi connectivity index (χ3n) is 2.63. The summed E-state index contributed by atoms with van der Waals surface area (Å²) >= 11 is 0. The van der Waals surface area contributed by atoms with Gasteiger partial charge in [0.15, 0.2) is 5.69 Å². The molecule has 0 aliphatic carbocycles. The molecule has 0 unspecified atom stereocenters. The summed E-state index contributed by atoms with van der Waals surface area (Å²) in [6.45, 7) is 3.98. The van der Waals surface area contributed by atoms with Crippen molar-refractivity contribution in [2.75, 3.05) is 7.11 Å². The minimum Gasteiger partial charge on any atom is -0.464 e. The molecule has 0 N–H and O–H groups in total. The lowest BCUT2D eigenvalue weighted by Gasteiger charge is -2.10. The zero-order valence-corrected chi connectivity index (χ0v) is 10.6. The lowest BCUT2D eigenvalue weighted by atomic mass is 10.1. The third-order valence-corrected chi connectivity index (χ3v) is 2.63. The van der Waals surface area contributed by atoms with Gasteiger partial charge in [-0.2, -0.15) is 0 Å². The molecule has 0 atom stereocenters. The highest BCUT2D eigenvalue weighted by atomic mass is 16.5. The van der Waals surface area contributed by atoms with Gasteiger partial charge in [0.1, 0.15) is 0 Å². The van der Waals surface area contributed by atoms with Crippen molar-refractivity contribution in [1.29, 1.82) is 0 Å². The summed E-state index contributed by atoms with van der Waals surface area (Å²) in [6, 6.07) is 9.60. The Hall–Kier alpha value is -2.17. The van der Waals surface area contributed by atoms with E-state index in [1.165, 1.54) is 7.11 Å². The maximum Gasteiger partial charge on any atom is 0.360 e. The van der Waals surface area contributed by atoms with Crippen molar-refractivity contribution in [3.8, 4) is 5.69 Å². The molecular weight excluding hydrogens is 230 g/mol. The molecule has 1 heterocycles. The molecule has 0 bridgehead atoms. The molecule has 1 aromatic carbocycles. The second-order valence-electron chi connectivity index (χ2n) is 4.22. The van der Waals surface area contributed by atoms with E-state index in [9.17, 15) is 4.79 Å². The quantitative estimate of drug-likeness (QED) is 0.778. The fourth-order valence-electron chi connectivity index (χ4n) is 1.81. The number of carbonyl (C=O) groups is 1. The predicted molar refractivity (Wildman–Crippen MR) is 66.8 cm³/mol. The standard InChI is InChI=1S/C13H15N3O2/c1-9(2)12-11(13(17)18-3)14-15-16(12)10-7-5-4-6-8-10/h4-9H,1-3H3. The molecule has 0 spiro atoms. The van der Waals surface area contributed by atoms with Crippen LogP contribution in [0.15, 0.2) is 30.3 Å². The van der Waals surface area contributed by atoms with Gasteiger partial charge in [0, 0.05) is 0 Å². The van der Waals surface area contributed by atoms with Crippen LogP contribution >= 0.6 is 0 Å². The second-order valence-corrected chi connectivity index (χ2v) is 4.22. The van der Waals surface area contributed by atoms with Crippen molar-refractivity contribution in [3.05, 3.63) is 41.7 Å². The van der Waals surface area contributed by atoms with E-state index in [0.29, 0.717) is 0 Å². The molecule has 0 amide bonds. The van der Waals surface area contributed by atoms with Crippen LogP contribution in [-0.2, 0) is 4.74 Å². The zero-order chi connectivity index (χ0) is 13.1. The van der Waals surface area contributed by atoms with E-state index in [1.54, 1.807) is 4.68 Å². The summed E-state index contributed by atoms with van der Waals surface area (Å²) in [5.74, 6) is -0.338. The van der Waals surface area contributed by atoms with Crippen LogP contribution in [-0.4, -0.2) is 28.1 Å². The van der Waals surface area contributed by atoms with Crippen LogP contribution < -0.4 is 0 Å². The zero-order valence-electron chi connectivity index (χ0n) is 10.6. The van der Waals surface area contributed by atoms with Crippen LogP contribution in [0.5, 0.6) is 0 Å². The average molecular weight is 245 g/mol. The van der Waals surface area contributed by atoms with Gasteiger partial charge in [0.2, 0.25) is 0 Å². The maximum atomic E-state index is 11.6. The van der Waals surface area contributed by atoms with E-state index in [4.69, 9.17) is 4.74 Å². The van der Waals surface area contributed by atoms with E-state index < -0.39 is 5.97 Å². The van der Waals surface area contributed by atoms with Crippen LogP contribution in [0.25, 0.3) is 5.69 Å². The number of para-hydroxylation sites is 1. The Morgan fingerprint density at radius 1 is 1.28 bits per heavy atom. The molecule has 0 radical (unpaired) electrons. The van der Waals surface area contributed by atoms with Crippen LogP contribution in [0.4, 0.5) is 0 Å². The van der Waals surface area contributed by atoms with Gasteiger partial charge >= 0.3 is 5.97 Å². The Morgan fingerprint density at radius 2 is 1.94 bits per heavy atom. The molecular formula is C13H15N3O2. The summed E-state index contributed by atoms with van der Waals surface area (Å²) in [6.07, 6.45) is 0. The van der Waals surface area contributed by atoms with Crippen molar-refractivity contribution < 1.29 is 9.53 Å². The fourth-order valence-corrected chi connectivity index (χ4v) is 1.81. The molecule has 2 rings (SSSR count). The molecule has 0 saturated heterocycles. The first-order valence-corrected chi connectivity index (χ1v) is 5.74. The summed E-state index contributed by atoms with van der Waals surface area (Å²) < 4.78 is 6.40. The minimum absolute atomic E-state index is 0.120. The first-order valence-electron chi connectivity index (χ1n) is 5.74. The van der Waals surface area contributed by atoms with Gasteiger partial charge in [-0.1, -0.05) is 37.3 Å². The van der Waals surface area contributed by atoms with Gasteiger partial charge in [-0.15, -0.1) is 5.10 Å². The molecule has 18 heavy (non-hydrogen) atoms. The predicted octanol–water partition coefficient (Wildman–Crippen LogP) is 2.18. The molecule has 0 saturated carbocycles. The number of ether oxygens (including phenoxy) is 1. The number of rotatable bonds is 3. The Balaban J connectivity index is 2.56. The van der Waals surface area contributed by atoms with E-state index in [2.05, 4.69) is 10.3 Å². The summed E-state index contributed by atoms with van der Waals surface area (Å²) in [7, 11) is 1.34. The van der Waals surface area contributed by atoms with Crippen molar-refractivity contribution in [2.45, 2.75) is 19.8 Å². The van der Waals surface area contributed by atoms with E-state index in [-0.39, 0.29) is 11.6 Å². The van der Waals surface area contributed by atoms with E-state index >= 15 is 0 Å². The van der Waals surface area contributed by atoms with Gasteiger partial charge in [-0.25, -0.2) is 9.48 Å². The minimum atomic E-state index is -0.458. The Morgan fingerprint density at radius 3 is 2.50 bits per heavy atom. The molecule has 5 heteroatoms. The largest absolute Gasteiger partial charge is 0.464 e. The number of nitrogens with zero attached hydrogens (tertiary/aromatic N) is 3. The average Bonchev–Trinajstić information content (AvgIpc) is 2.83. The molecule has 0 aliphatic heterocycles. The third kappa shape index (κ3) is 2.11. The Labute approximate surface area is 105 Å². The molecule has 0 fully saturated rings. The number of hydrogen-bond acceptors (Lipinski definition) is 4. The Bertz CT molecular complexity index is 547. The first kappa shape index (κ1) is 12.3. The normalized spacial score (nSPS) is 10.7. The number of carbonyl (C=O) groups excluding carboxylic acids is 1. The second kappa shape index (κ2) is 5.00. The number of benzene rings is 1. The summed E-state index contributed by atoms with van der Waals surface area (Å²) in [5, 5.41) is 7.97. The van der Waals surface area contributed by atoms with Gasteiger partial charge in [0.05, 0.1) is 18.5 Å². The highest BCUT2D eigenvalue weighted by Crippen LogP contribution is 2.21. The van der Waals surface area contributed by atoms with Gasteiger partial charge in [0.25, 0.3) is 0 Å². The lowest BCUT2D eigenvalue weighted by molar-refractivity contribution is 0.0592. The maximum absolute atomic E-state index is 11.6. The van der Waals surface area contributed by atoms with Crippen LogP contribution in [0, 0.1) is 0 Å². The first-order chi connectivity index (χ1) is 8.65. The van der Waals surface area contributed by atoms with E-state index in [0.717, 1.165) is 11.4 Å². The number of aromatic nitrogens is 3. The highest BCUT2D eigenvalue weighted by molar-refractivity contribution is 5.88. The smallest absolute Gasteiger partial charge is 0.360 e. The van der Waals surface area contributed by atoms with Crippen molar-refractivity contribution in [1.82, 2.24) is 15.0 Å². The molecule has 1 aromatic heterocycles. The SMILES string of the molecule is COC(=O)c1nnn(-c2ccccc2)c1C(C)C. The lowest BCUT2D eigenvalue weighted by Crippen LogP contribution is -2.10. The van der Waals surface area contributed by atoms with Gasteiger partial charge < -0.3 is 4.74 Å². The summed E-state index contributed by atoms with van der Waals surface area (Å²) in [4.78, 5) is 11.6. The number of esters is 1. The Kier molecular flexibility index (Phi) is 3.41. The number of methoxy groups -OCH3 is 1. The van der Waals surface area contributed by atoms with Crippen molar-refractivity contribution >= 4 is 5.97 Å². The van der Waals surface area contributed by atoms with Crippen LogP contribution in [0.2, 0.25) is 0 Å². The van der Waals surface area contributed by atoms with Crippen LogP contribution in [0.1, 0.15) is 35.9 Å². The molecule has 94 valence electrons. The monoisotopic (exact) mass is 245 g/mol.